The number of carbonyl (C=O) groups excluding carboxylic acids is 1. The van der Waals surface area contributed by atoms with Crippen LogP contribution in [-0.2, 0) is 10.2 Å². The number of hydrogen-bond donors (Lipinski definition) is 3. The Morgan fingerprint density at radius 2 is 1.75 bits per heavy atom. The molecule has 0 spiro atoms. The Labute approximate surface area is 92.3 Å². The van der Waals surface area contributed by atoms with Crippen LogP contribution in [0.2, 0.25) is 0 Å². The fourth-order valence-electron chi connectivity index (χ4n) is 0.927. The van der Waals surface area contributed by atoms with Gasteiger partial charge in [-0.1, -0.05) is 18.2 Å². The van der Waals surface area contributed by atoms with Crippen molar-refractivity contribution in [1.29, 1.82) is 0 Å². The average molecular weight is 242 g/mol. The summed E-state index contributed by atoms with van der Waals surface area (Å²) in [5.41, 5.74) is 9.97. The van der Waals surface area contributed by atoms with Crippen molar-refractivity contribution in [3.63, 3.8) is 0 Å². The number of hydrogen-bond acceptors (Lipinski definition) is 3. The minimum Gasteiger partial charge on any atom is -0.369 e. The first-order chi connectivity index (χ1) is 7.41. The first-order valence-corrected chi connectivity index (χ1v) is 5.58. The molecule has 0 unspecified atom stereocenters. The highest BCUT2D eigenvalue weighted by Crippen LogP contribution is 1.99. The summed E-state index contributed by atoms with van der Waals surface area (Å²) in [7, 11) is -4.19. The normalized spacial score (nSPS) is 10.5. The molecule has 0 aliphatic carbocycles. The van der Waals surface area contributed by atoms with Crippen LogP contribution in [0.4, 0.5) is 0 Å². The molecule has 0 saturated carbocycles. The molecular weight excluding hydrogens is 232 g/mol. The minimum atomic E-state index is -4.19. The summed E-state index contributed by atoms with van der Waals surface area (Å²) in [5.74, 6) is -1.45. The molecule has 0 aliphatic rings. The minimum absolute atomic E-state index is 0.192. The van der Waals surface area contributed by atoms with Crippen molar-refractivity contribution < 1.29 is 13.2 Å². The highest BCUT2D eigenvalue weighted by molar-refractivity contribution is 7.88. The van der Waals surface area contributed by atoms with Gasteiger partial charge in [0.15, 0.2) is 0 Å². The number of benzene rings is 1. The first-order valence-electron chi connectivity index (χ1n) is 4.14. The van der Waals surface area contributed by atoms with E-state index in [1.807, 2.05) is 0 Å². The zero-order valence-electron chi connectivity index (χ0n) is 8.12. The summed E-state index contributed by atoms with van der Waals surface area (Å²) in [4.78, 5) is 11.4. The van der Waals surface area contributed by atoms with Crippen LogP contribution in [0.25, 0.3) is 0 Å². The number of amides is 1. The Morgan fingerprint density at radius 1 is 1.19 bits per heavy atom. The van der Waals surface area contributed by atoms with E-state index in [0.717, 1.165) is 0 Å². The van der Waals surface area contributed by atoms with E-state index in [-0.39, 0.29) is 5.56 Å². The van der Waals surface area contributed by atoms with Gasteiger partial charge in [0.1, 0.15) is 0 Å². The summed E-state index contributed by atoms with van der Waals surface area (Å²) >= 11 is 0. The second kappa shape index (κ2) is 4.62. The molecule has 8 heteroatoms. The molecule has 0 aliphatic heterocycles. The zero-order valence-corrected chi connectivity index (χ0v) is 8.94. The van der Waals surface area contributed by atoms with Gasteiger partial charge in [-0.2, -0.15) is 8.42 Å². The van der Waals surface area contributed by atoms with Gasteiger partial charge in [-0.15, -0.1) is 4.40 Å². The van der Waals surface area contributed by atoms with Crippen molar-refractivity contribution in [3.05, 3.63) is 35.9 Å². The number of guanidine groups is 1. The molecule has 0 bridgehead atoms. The molecule has 16 heavy (non-hydrogen) atoms. The summed E-state index contributed by atoms with van der Waals surface area (Å²) in [6, 6.07) is 7.81. The van der Waals surface area contributed by atoms with Crippen molar-refractivity contribution in [2.45, 2.75) is 0 Å². The molecule has 86 valence electrons. The maximum absolute atomic E-state index is 11.4. The third-order valence-corrected chi connectivity index (χ3v) is 2.38. The maximum Gasteiger partial charge on any atom is 0.347 e. The summed E-state index contributed by atoms with van der Waals surface area (Å²) in [6.07, 6.45) is 0. The van der Waals surface area contributed by atoms with Gasteiger partial charge in [0, 0.05) is 5.56 Å². The molecule has 7 nitrogen and oxygen atoms in total. The summed E-state index contributed by atoms with van der Waals surface area (Å²) < 4.78 is 26.9. The lowest BCUT2D eigenvalue weighted by Crippen LogP contribution is -2.33. The molecule has 1 amide bonds. The van der Waals surface area contributed by atoms with Crippen molar-refractivity contribution >= 4 is 22.1 Å². The monoisotopic (exact) mass is 242 g/mol. The Morgan fingerprint density at radius 3 is 2.25 bits per heavy atom. The van der Waals surface area contributed by atoms with Gasteiger partial charge in [-0.05, 0) is 12.1 Å². The number of nitrogens with zero attached hydrogens (tertiary/aromatic N) is 1. The highest BCUT2D eigenvalue weighted by atomic mass is 32.2. The zero-order chi connectivity index (χ0) is 12.2. The van der Waals surface area contributed by atoms with Crippen LogP contribution in [0.1, 0.15) is 10.4 Å². The van der Waals surface area contributed by atoms with Crippen molar-refractivity contribution in [2.24, 2.45) is 15.9 Å². The third-order valence-electron chi connectivity index (χ3n) is 1.48. The van der Waals surface area contributed by atoms with E-state index in [0.29, 0.717) is 0 Å². The second-order valence-electron chi connectivity index (χ2n) is 2.79. The molecule has 0 atom stereocenters. The quantitative estimate of drug-likeness (QED) is 0.459. The van der Waals surface area contributed by atoms with Crippen LogP contribution in [0.5, 0.6) is 0 Å². The standard InChI is InChI=1S/C8H10N4O3S/c9-8(10)12-16(14,15)11-7(13)6-4-2-1-3-5-6/h1-5H,(H,11,13)(H4,9,10,12). The van der Waals surface area contributed by atoms with Crippen LogP contribution in [-0.4, -0.2) is 20.3 Å². The lowest BCUT2D eigenvalue weighted by atomic mass is 10.2. The second-order valence-corrected chi connectivity index (χ2v) is 4.13. The average Bonchev–Trinajstić information content (AvgIpc) is 2.16. The Kier molecular flexibility index (Phi) is 3.46. The first kappa shape index (κ1) is 12.0. The molecule has 1 aromatic rings. The third kappa shape index (κ3) is 3.58. The molecule has 0 aromatic heterocycles. The lowest BCUT2D eigenvalue weighted by molar-refractivity contribution is 0.0981. The Balaban J connectivity index is 2.85. The van der Waals surface area contributed by atoms with Gasteiger partial charge >= 0.3 is 10.2 Å². The van der Waals surface area contributed by atoms with Crippen LogP contribution in [0.3, 0.4) is 0 Å². The highest BCUT2D eigenvalue weighted by Gasteiger charge is 2.14. The molecule has 1 rings (SSSR count). The topological polar surface area (TPSA) is 128 Å². The van der Waals surface area contributed by atoms with Crippen molar-refractivity contribution in [3.8, 4) is 0 Å². The molecule has 0 radical (unpaired) electrons. The molecule has 5 N–H and O–H groups in total. The van der Waals surface area contributed by atoms with Crippen molar-refractivity contribution in [2.75, 3.05) is 0 Å². The van der Waals surface area contributed by atoms with E-state index < -0.39 is 22.1 Å². The van der Waals surface area contributed by atoms with Crippen molar-refractivity contribution in [1.82, 2.24) is 4.72 Å². The fraction of sp³-hybridized carbons (Fsp3) is 0. The molecule has 1 aromatic carbocycles. The smallest absolute Gasteiger partial charge is 0.347 e. The number of rotatable bonds is 3. The predicted octanol–water partition coefficient (Wildman–Crippen LogP) is -1.07. The van der Waals surface area contributed by atoms with E-state index in [2.05, 4.69) is 4.40 Å². The van der Waals surface area contributed by atoms with E-state index in [4.69, 9.17) is 11.5 Å². The Hall–Kier alpha value is -2.09. The Bertz CT molecular complexity index is 505. The van der Waals surface area contributed by atoms with E-state index in [1.54, 1.807) is 22.9 Å². The van der Waals surface area contributed by atoms with E-state index >= 15 is 0 Å². The maximum atomic E-state index is 11.4. The summed E-state index contributed by atoms with van der Waals surface area (Å²) in [6.45, 7) is 0. The van der Waals surface area contributed by atoms with Crippen LogP contribution in [0.15, 0.2) is 34.7 Å². The van der Waals surface area contributed by atoms with Crippen LogP contribution < -0.4 is 16.2 Å². The van der Waals surface area contributed by atoms with Gasteiger partial charge in [0.2, 0.25) is 5.96 Å². The molecule has 0 heterocycles. The van der Waals surface area contributed by atoms with E-state index in [1.165, 1.54) is 12.1 Å². The van der Waals surface area contributed by atoms with E-state index in [9.17, 15) is 13.2 Å². The number of carbonyl (C=O) groups is 1. The lowest BCUT2D eigenvalue weighted by Gasteiger charge is -2.02. The molecular formula is C8H10N4O3S. The summed E-state index contributed by atoms with van der Waals surface area (Å²) in [5, 5.41) is 0. The van der Waals surface area contributed by atoms with Crippen LogP contribution >= 0.6 is 0 Å². The van der Waals surface area contributed by atoms with Gasteiger partial charge < -0.3 is 11.5 Å². The molecule has 0 fully saturated rings. The number of nitrogens with one attached hydrogen (secondary N) is 1. The van der Waals surface area contributed by atoms with Crippen LogP contribution in [0, 0.1) is 0 Å². The largest absolute Gasteiger partial charge is 0.369 e. The van der Waals surface area contributed by atoms with Gasteiger partial charge in [0.25, 0.3) is 5.91 Å². The SMILES string of the molecule is NC(N)=NS(=O)(=O)NC(=O)c1ccccc1. The fourth-order valence-corrected chi connectivity index (χ4v) is 1.60. The van der Waals surface area contributed by atoms with Gasteiger partial charge in [-0.25, -0.2) is 4.72 Å². The molecule has 0 saturated heterocycles. The predicted molar refractivity (Wildman–Crippen MR) is 58.6 cm³/mol. The van der Waals surface area contributed by atoms with Gasteiger partial charge in [-0.3, -0.25) is 4.79 Å². The number of nitrogens with two attached hydrogens (primary N) is 2. The van der Waals surface area contributed by atoms with Gasteiger partial charge in [0.05, 0.1) is 0 Å².